The van der Waals surface area contributed by atoms with Crippen molar-refractivity contribution in [3.8, 4) is 17.2 Å². The molecule has 2 N–H and O–H groups in total. The molecule has 8 heteroatoms. The third-order valence-electron chi connectivity index (χ3n) is 4.50. The number of nitrogens with one attached hydrogen (secondary N) is 1. The van der Waals surface area contributed by atoms with Crippen LogP contribution in [0, 0.1) is 0 Å². The van der Waals surface area contributed by atoms with E-state index < -0.39 is 5.91 Å². The van der Waals surface area contributed by atoms with Crippen molar-refractivity contribution in [1.29, 1.82) is 0 Å². The number of amides is 1. The van der Waals surface area contributed by atoms with Gasteiger partial charge in [-0.2, -0.15) is 5.10 Å². The molecular weight excluding hydrogens is 451 g/mol. The second-order valence-electron chi connectivity index (χ2n) is 6.81. The Labute approximate surface area is 196 Å². The number of halogens is 2. The van der Waals surface area contributed by atoms with Crippen LogP contribution in [0.2, 0.25) is 10.0 Å². The summed E-state index contributed by atoms with van der Waals surface area (Å²) in [4.78, 5) is 12.4. The zero-order valence-electron chi connectivity index (χ0n) is 17.6. The van der Waals surface area contributed by atoms with E-state index in [0.717, 1.165) is 17.1 Å². The minimum Gasteiger partial charge on any atom is -0.506 e. The molecule has 3 rings (SSSR count). The monoisotopic (exact) mass is 472 g/mol. The largest absolute Gasteiger partial charge is 0.506 e. The average molecular weight is 473 g/mol. The fourth-order valence-electron chi connectivity index (χ4n) is 2.82. The first-order valence-electron chi connectivity index (χ1n) is 9.85. The Morgan fingerprint density at radius 3 is 2.25 bits per heavy atom. The number of phenols is 1. The number of benzene rings is 3. The summed E-state index contributed by atoms with van der Waals surface area (Å²) in [5.41, 5.74) is 4.51. The Balaban J connectivity index is 1.58. The highest BCUT2D eigenvalue weighted by atomic mass is 35.5. The van der Waals surface area contributed by atoms with Crippen molar-refractivity contribution in [3.63, 3.8) is 0 Å². The summed E-state index contributed by atoms with van der Waals surface area (Å²) in [7, 11) is 0. The van der Waals surface area contributed by atoms with Gasteiger partial charge in [-0.1, -0.05) is 35.3 Å². The lowest BCUT2D eigenvalue weighted by Crippen LogP contribution is -2.19. The fourth-order valence-corrected chi connectivity index (χ4v) is 3.31. The van der Waals surface area contributed by atoms with Crippen LogP contribution < -0.4 is 14.9 Å². The normalized spacial score (nSPS) is 11.2. The summed E-state index contributed by atoms with van der Waals surface area (Å²) >= 11 is 11.9. The Kier molecular flexibility index (Phi) is 7.98. The second kappa shape index (κ2) is 10.9. The van der Waals surface area contributed by atoms with Crippen LogP contribution in [0.25, 0.3) is 0 Å². The Bertz CT molecular complexity index is 1110. The van der Waals surface area contributed by atoms with Gasteiger partial charge in [0.1, 0.15) is 23.9 Å². The van der Waals surface area contributed by atoms with Gasteiger partial charge in [0.25, 0.3) is 5.91 Å². The maximum Gasteiger partial charge on any atom is 0.271 e. The summed E-state index contributed by atoms with van der Waals surface area (Å²) in [5.74, 6) is 0.977. The molecule has 0 saturated heterocycles. The zero-order chi connectivity index (χ0) is 23.1. The fraction of sp³-hybridized carbons (Fsp3) is 0.167. The maximum atomic E-state index is 12.4. The summed E-state index contributed by atoms with van der Waals surface area (Å²) < 4.78 is 11.2. The van der Waals surface area contributed by atoms with E-state index in [1.54, 1.807) is 19.1 Å². The van der Waals surface area contributed by atoms with E-state index in [0.29, 0.717) is 35.1 Å². The molecule has 0 spiro atoms. The lowest BCUT2D eigenvalue weighted by atomic mass is 10.1. The lowest BCUT2D eigenvalue weighted by molar-refractivity contribution is 0.0954. The first kappa shape index (κ1) is 23.4. The van der Waals surface area contributed by atoms with Crippen molar-refractivity contribution >= 4 is 34.8 Å². The van der Waals surface area contributed by atoms with E-state index in [4.69, 9.17) is 32.7 Å². The smallest absolute Gasteiger partial charge is 0.271 e. The first-order valence-corrected chi connectivity index (χ1v) is 10.6. The molecule has 6 nitrogen and oxygen atoms in total. The van der Waals surface area contributed by atoms with Gasteiger partial charge in [-0.05, 0) is 67.9 Å². The SMILES string of the molecule is CCOc1ccc(OCc2ccc(C(=O)NN=C(C)c3cc(Cl)cc(Cl)c3O)cc2)cc1. The van der Waals surface area contributed by atoms with Crippen LogP contribution in [0.3, 0.4) is 0 Å². The van der Waals surface area contributed by atoms with E-state index in [1.165, 1.54) is 12.1 Å². The van der Waals surface area contributed by atoms with Gasteiger partial charge in [-0.25, -0.2) is 5.43 Å². The molecule has 0 aliphatic rings. The molecule has 1 amide bonds. The standard InChI is InChI=1S/C24H22Cl2N2O4/c1-3-31-19-8-10-20(11-9-19)32-14-16-4-6-17(7-5-16)24(30)28-27-15(2)21-12-18(25)13-22(26)23(21)29/h4-13,29H,3,14H2,1-2H3,(H,28,30). The second-order valence-corrected chi connectivity index (χ2v) is 7.66. The van der Waals surface area contributed by atoms with E-state index in [1.807, 2.05) is 43.3 Å². The molecule has 0 heterocycles. The van der Waals surface area contributed by atoms with Gasteiger partial charge in [0, 0.05) is 16.1 Å². The topological polar surface area (TPSA) is 80.2 Å². The highest BCUT2D eigenvalue weighted by Crippen LogP contribution is 2.31. The van der Waals surface area contributed by atoms with Crippen molar-refractivity contribution in [1.82, 2.24) is 5.43 Å². The van der Waals surface area contributed by atoms with Crippen LogP contribution in [0.15, 0.2) is 65.8 Å². The predicted octanol–water partition coefficient (Wildman–Crippen LogP) is 5.83. The van der Waals surface area contributed by atoms with Gasteiger partial charge in [-0.15, -0.1) is 0 Å². The highest BCUT2D eigenvalue weighted by molar-refractivity contribution is 6.36. The van der Waals surface area contributed by atoms with Crippen molar-refractivity contribution in [3.05, 3.63) is 87.4 Å². The van der Waals surface area contributed by atoms with Gasteiger partial charge < -0.3 is 14.6 Å². The van der Waals surface area contributed by atoms with Gasteiger partial charge in [0.15, 0.2) is 0 Å². The first-order chi connectivity index (χ1) is 15.4. The molecule has 0 aliphatic carbocycles. The van der Waals surface area contributed by atoms with E-state index >= 15 is 0 Å². The quantitative estimate of drug-likeness (QED) is 0.319. The van der Waals surface area contributed by atoms with Crippen LogP contribution in [-0.2, 0) is 6.61 Å². The summed E-state index contributed by atoms with van der Waals surface area (Å²) in [6.07, 6.45) is 0. The minimum atomic E-state index is -0.393. The number of nitrogens with zero attached hydrogens (tertiary/aromatic N) is 1. The number of carbonyl (C=O) groups excluding carboxylic acids is 1. The lowest BCUT2D eigenvalue weighted by Gasteiger charge is -2.09. The van der Waals surface area contributed by atoms with Crippen LogP contribution >= 0.6 is 23.2 Å². The molecule has 0 aliphatic heterocycles. The van der Waals surface area contributed by atoms with E-state index in [9.17, 15) is 9.90 Å². The van der Waals surface area contributed by atoms with Gasteiger partial charge >= 0.3 is 0 Å². The number of phenolic OH excluding ortho intramolecular Hbond substituents is 1. The molecule has 3 aromatic carbocycles. The Hall–Kier alpha value is -3.22. The molecule has 3 aromatic rings. The summed E-state index contributed by atoms with van der Waals surface area (Å²) in [6.45, 7) is 4.54. The minimum absolute atomic E-state index is 0.108. The molecular formula is C24H22Cl2N2O4. The third kappa shape index (κ3) is 6.15. The van der Waals surface area contributed by atoms with Crippen molar-refractivity contribution < 1.29 is 19.4 Å². The molecule has 0 radical (unpaired) electrons. The van der Waals surface area contributed by atoms with Crippen LogP contribution in [-0.4, -0.2) is 23.3 Å². The van der Waals surface area contributed by atoms with Crippen molar-refractivity contribution in [2.75, 3.05) is 6.61 Å². The number of rotatable bonds is 8. The van der Waals surface area contributed by atoms with Gasteiger partial charge in [0.2, 0.25) is 0 Å². The average Bonchev–Trinajstić information content (AvgIpc) is 2.79. The predicted molar refractivity (Wildman–Crippen MR) is 126 cm³/mol. The molecule has 0 saturated carbocycles. The summed E-state index contributed by atoms with van der Waals surface area (Å²) in [5, 5.41) is 14.6. The number of aromatic hydroxyl groups is 1. The molecule has 32 heavy (non-hydrogen) atoms. The Morgan fingerprint density at radius 1 is 1.00 bits per heavy atom. The van der Waals surface area contributed by atoms with Crippen LogP contribution in [0.4, 0.5) is 0 Å². The number of hydrazone groups is 1. The number of carbonyl (C=O) groups is 1. The molecule has 0 aromatic heterocycles. The number of ether oxygens (including phenoxy) is 2. The molecule has 0 fully saturated rings. The molecule has 166 valence electrons. The summed E-state index contributed by atoms with van der Waals surface area (Å²) in [6, 6.07) is 17.3. The van der Waals surface area contributed by atoms with Crippen LogP contribution in [0.5, 0.6) is 17.2 Å². The number of hydrogen-bond donors (Lipinski definition) is 2. The Morgan fingerprint density at radius 2 is 1.62 bits per heavy atom. The third-order valence-corrected chi connectivity index (χ3v) is 5.01. The van der Waals surface area contributed by atoms with E-state index in [-0.39, 0.29) is 10.8 Å². The maximum absolute atomic E-state index is 12.4. The van der Waals surface area contributed by atoms with Gasteiger partial charge in [0.05, 0.1) is 17.3 Å². The van der Waals surface area contributed by atoms with Crippen LogP contribution in [0.1, 0.15) is 35.3 Å². The van der Waals surface area contributed by atoms with Crippen molar-refractivity contribution in [2.24, 2.45) is 5.10 Å². The highest BCUT2D eigenvalue weighted by Gasteiger charge is 2.12. The van der Waals surface area contributed by atoms with E-state index in [2.05, 4.69) is 10.5 Å². The molecule has 0 bridgehead atoms. The number of hydrogen-bond acceptors (Lipinski definition) is 5. The van der Waals surface area contributed by atoms with Gasteiger partial charge in [-0.3, -0.25) is 4.79 Å². The molecule has 0 atom stereocenters. The van der Waals surface area contributed by atoms with Crippen molar-refractivity contribution in [2.45, 2.75) is 20.5 Å². The molecule has 0 unspecified atom stereocenters. The zero-order valence-corrected chi connectivity index (χ0v) is 19.1.